The van der Waals surface area contributed by atoms with Crippen molar-refractivity contribution in [3.8, 4) is 0 Å². The first-order valence-electron chi connectivity index (χ1n) is 25.5. The molecule has 1 heterocycles. The summed E-state index contributed by atoms with van der Waals surface area (Å²) in [6.07, 6.45) is 18.1. The van der Waals surface area contributed by atoms with Crippen LogP contribution in [-0.4, -0.2) is 18.2 Å². The molecule has 4 aromatic rings. The number of rotatable bonds is 12. The number of ether oxygens (including phenoxy) is 1. The molecule has 3 aliphatic rings. The SMILES string of the molecule is CCC(CC)C(CC)CC1(C)C(c2ccnc3ccc(C4CCC4)cc23)CC2C(OC)C21.CCCC.CCc1c(C)cccc1C.CCc1cc(C(C)(C)C)cc(C(C)(C)C)c1. The van der Waals surface area contributed by atoms with Crippen molar-refractivity contribution in [3.63, 3.8) is 0 Å². The van der Waals surface area contributed by atoms with Gasteiger partial charge in [0.05, 0.1) is 11.6 Å². The van der Waals surface area contributed by atoms with Crippen LogP contribution < -0.4 is 0 Å². The predicted molar refractivity (Wildman–Crippen MR) is 273 cm³/mol. The minimum Gasteiger partial charge on any atom is -0.381 e. The summed E-state index contributed by atoms with van der Waals surface area (Å²) >= 11 is 0. The lowest BCUT2D eigenvalue weighted by atomic mass is 9.64. The minimum atomic E-state index is 0.241. The Hall–Kier alpha value is -2.97. The molecule has 3 saturated carbocycles. The van der Waals surface area contributed by atoms with Crippen LogP contribution in [0.25, 0.3) is 10.9 Å². The Bertz CT molecular complexity index is 1910. The van der Waals surface area contributed by atoms with E-state index >= 15 is 0 Å². The van der Waals surface area contributed by atoms with Crippen molar-refractivity contribution in [1.29, 1.82) is 0 Å². The smallest absolute Gasteiger partial charge is 0.0705 e. The van der Waals surface area contributed by atoms with Crippen molar-refractivity contribution in [2.75, 3.05) is 7.11 Å². The number of hydrogen-bond donors (Lipinski definition) is 0. The standard InChI is InChI=1S/C30H43NO.C16H26.C10H14.C4H10/c1-6-19(7-2)20(8-3)18-30(4)26(17-25-28(30)29(25)32-5)23-14-15-31-27-13-12-22(16-24(23)27)21-10-9-11-21;1-8-12-9-13(15(2,3)4)11-14(10-12)16(5,6)7;1-4-10-8(2)6-5-7-9(10)3;1-3-4-2/h12-16,19-21,25-26,28-29H,6-11,17-18H2,1-5H3;9-11H,8H2,1-7H3;5-7H,4H2,1-3H3;3-4H2,1-2H3. The van der Waals surface area contributed by atoms with Gasteiger partial charge in [-0.25, -0.2) is 0 Å². The van der Waals surface area contributed by atoms with Crippen LogP contribution in [0.1, 0.15) is 217 Å². The summed E-state index contributed by atoms with van der Waals surface area (Å²) < 4.78 is 5.98. The molecule has 0 saturated heterocycles. The van der Waals surface area contributed by atoms with Gasteiger partial charge in [0.25, 0.3) is 0 Å². The van der Waals surface area contributed by atoms with Crippen molar-refractivity contribution in [3.05, 3.63) is 111 Å². The molecular weight excluding hydrogens is 751 g/mol. The summed E-state index contributed by atoms with van der Waals surface area (Å²) in [4.78, 5) is 4.77. The lowest BCUT2D eigenvalue weighted by molar-refractivity contribution is 0.0764. The molecule has 0 radical (unpaired) electrons. The Balaban J connectivity index is 0.000000233. The van der Waals surface area contributed by atoms with Gasteiger partial charge in [0.15, 0.2) is 0 Å². The quantitative estimate of drug-likeness (QED) is 0.142. The van der Waals surface area contributed by atoms with E-state index < -0.39 is 0 Å². The molecule has 7 rings (SSSR count). The molecule has 344 valence electrons. The van der Waals surface area contributed by atoms with Gasteiger partial charge in [0.1, 0.15) is 0 Å². The maximum Gasteiger partial charge on any atom is 0.0705 e. The van der Waals surface area contributed by atoms with Crippen LogP contribution in [0.15, 0.2) is 66.9 Å². The normalized spacial score (nSPS) is 22.4. The molecule has 62 heavy (non-hydrogen) atoms. The maximum atomic E-state index is 5.98. The fourth-order valence-corrected chi connectivity index (χ4v) is 11.2. The molecule has 6 unspecified atom stereocenters. The molecule has 0 bridgehead atoms. The van der Waals surface area contributed by atoms with Gasteiger partial charge in [-0.15, -0.1) is 0 Å². The number of unbranched alkanes of at least 4 members (excludes halogenated alkanes) is 1. The van der Waals surface area contributed by atoms with E-state index in [1.165, 1.54) is 108 Å². The molecule has 1 aromatic heterocycles. The van der Waals surface area contributed by atoms with E-state index in [2.05, 4.69) is 178 Å². The van der Waals surface area contributed by atoms with E-state index in [4.69, 9.17) is 9.72 Å². The van der Waals surface area contributed by atoms with Crippen LogP contribution in [0.4, 0.5) is 0 Å². The van der Waals surface area contributed by atoms with Gasteiger partial charge in [-0.1, -0.05) is 178 Å². The third-order valence-corrected chi connectivity index (χ3v) is 15.8. The fourth-order valence-electron chi connectivity index (χ4n) is 11.2. The Morgan fingerprint density at radius 2 is 1.31 bits per heavy atom. The van der Waals surface area contributed by atoms with Crippen LogP contribution in [0.3, 0.4) is 0 Å². The average Bonchev–Trinajstić information content (AvgIpc) is 3.87. The van der Waals surface area contributed by atoms with Gasteiger partial charge in [0.2, 0.25) is 0 Å². The maximum absolute atomic E-state index is 5.98. The molecule has 2 nitrogen and oxygen atoms in total. The zero-order valence-electron chi connectivity index (χ0n) is 43.2. The highest BCUT2D eigenvalue weighted by Gasteiger charge is 2.68. The summed E-state index contributed by atoms with van der Waals surface area (Å²) in [5, 5.41) is 1.43. The highest BCUT2D eigenvalue weighted by molar-refractivity contribution is 5.83. The van der Waals surface area contributed by atoms with Gasteiger partial charge >= 0.3 is 0 Å². The number of hydrogen-bond acceptors (Lipinski definition) is 2. The molecule has 3 fully saturated rings. The number of fused-ring (bicyclic) bond motifs is 2. The predicted octanol–water partition coefficient (Wildman–Crippen LogP) is 17.6. The monoisotopic (exact) mass is 844 g/mol. The van der Waals surface area contributed by atoms with Crippen molar-refractivity contribution in [1.82, 2.24) is 4.98 Å². The second-order valence-electron chi connectivity index (χ2n) is 21.9. The van der Waals surface area contributed by atoms with Crippen LogP contribution >= 0.6 is 0 Å². The molecular formula is C60H93NO. The Morgan fingerprint density at radius 3 is 1.74 bits per heavy atom. The van der Waals surface area contributed by atoms with Crippen molar-refractivity contribution in [2.24, 2.45) is 29.1 Å². The Labute approximate surface area is 383 Å². The number of pyridine rings is 1. The second kappa shape index (κ2) is 22.8. The second-order valence-corrected chi connectivity index (χ2v) is 21.9. The fraction of sp³-hybridized carbons (Fsp3) is 0.650. The molecule has 0 aliphatic heterocycles. The summed E-state index contributed by atoms with van der Waals surface area (Å²) in [5.41, 5.74) is 13.8. The van der Waals surface area contributed by atoms with E-state index in [9.17, 15) is 0 Å². The van der Waals surface area contributed by atoms with Gasteiger partial charge in [-0.2, -0.15) is 0 Å². The minimum absolute atomic E-state index is 0.241. The van der Waals surface area contributed by atoms with Crippen molar-refractivity contribution < 1.29 is 4.74 Å². The largest absolute Gasteiger partial charge is 0.381 e. The average molecular weight is 844 g/mol. The first kappa shape index (κ1) is 51.7. The number of benzene rings is 3. The number of aromatic nitrogens is 1. The van der Waals surface area contributed by atoms with E-state index in [0.29, 0.717) is 17.4 Å². The van der Waals surface area contributed by atoms with Crippen LogP contribution in [0.5, 0.6) is 0 Å². The molecule has 3 aliphatic carbocycles. The van der Waals surface area contributed by atoms with Crippen molar-refractivity contribution >= 4 is 10.9 Å². The topological polar surface area (TPSA) is 22.1 Å². The zero-order chi connectivity index (χ0) is 46.0. The van der Waals surface area contributed by atoms with Crippen LogP contribution in [-0.2, 0) is 28.4 Å². The van der Waals surface area contributed by atoms with E-state index in [1.807, 2.05) is 7.11 Å². The summed E-state index contributed by atoms with van der Waals surface area (Å²) in [6.45, 7) is 36.7. The van der Waals surface area contributed by atoms with Gasteiger partial charge in [-0.05, 0) is 167 Å². The first-order valence-corrected chi connectivity index (χ1v) is 25.5. The third kappa shape index (κ3) is 12.4. The van der Waals surface area contributed by atoms with Crippen molar-refractivity contribution in [2.45, 2.75) is 217 Å². The Morgan fingerprint density at radius 1 is 0.726 bits per heavy atom. The van der Waals surface area contributed by atoms with Gasteiger partial charge in [0, 0.05) is 18.7 Å². The first-order chi connectivity index (χ1) is 29.4. The lowest BCUT2D eigenvalue weighted by Crippen LogP contribution is -2.32. The molecule has 3 aromatic carbocycles. The van der Waals surface area contributed by atoms with Crippen LogP contribution in [0.2, 0.25) is 0 Å². The molecule has 0 amide bonds. The van der Waals surface area contributed by atoms with E-state index in [1.54, 1.807) is 11.1 Å². The molecule has 0 N–H and O–H groups in total. The summed E-state index contributed by atoms with van der Waals surface area (Å²) in [7, 11) is 1.93. The number of aryl methyl sites for hydroxylation is 3. The molecule has 2 heteroatoms. The summed E-state index contributed by atoms with van der Waals surface area (Å²) in [5.74, 6) is 4.51. The van der Waals surface area contributed by atoms with E-state index in [-0.39, 0.29) is 10.8 Å². The third-order valence-electron chi connectivity index (χ3n) is 15.8. The molecule has 0 spiro atoms. The number of nitrogens with zero attached hydrogens (tertiary/aromatic N) is 1. The highest BCUT2D eigenvalue weighted by atomic mass is 16.5. The van der Waals surface area contributed by atoms with Crippen LogP contribution in [0, 0.1) is 42.9 Å². The zero-order valence-corrected chi connectivity index (χ0v) is 43.2. The van der Waals surface area contributed by atoms with Gasteiger partial charge in [-0.3, -0.25) is 4.98 Å². The van der Waals surface area contributed by atoms with Gasteiger partial charge < -0.3 is 4.74 Å². The Kier molecular flexibility index (Phi) is 19.0. The van der Waals surface area contributed by atoms with E-state index in [0.717, 1.165) is 42.4 Å². The number of methoxy groups -OCH3 is 1. The molecule has 6 atom stereocenters. The highest BCUT2D eigenvalue weighted by Crippen LogP contribution is 2.71. The summed E-state index contributed by atoms with van der Waals surface area (Å²) in [6, 6.07) is 23.1. The lowest BCUT2D eigenvalue weighted by Gasteiger charge is -2.41.